The third-order valence-electron chi connectivity index (χ3n) is 2.85. The molecule has 2 rings (SSSR count). The van der Waals surface area contributed by atoms with E-state index in [2.05, 4.69) is 9.51 Å². The molecule has 0 amide bonds. The monoisotopic (exact) mass is 278 g/mol. The molecular formula is C16H12Ge. The van der Waals surface area contributed by atoms with Crippen molar-refractivity contribution in [1.29, 1.82) is 0 Å². The molecule has 0 bridgehead atoms. The molecule has 0 unspecified atom stereocenters. The molecule has 17 heavy (non-hydrogen) atoms. The Balaban J connectivity index is 2.65. The van der Waals surface area contributed by atoms with Crippen LogP contribution in [0.15, 0.2) is 60.7 Å². The molecule has 0 spiro atoms. The van der Waals surface area contributed by atoms with Gasteiger partial charge in [0.2, 0.25) is 0 Å². The maximum atomic E-state index is 5.77. The van der Waals surface area contributed by atoms with Crippen LogP contribution in [0.1, 0.15) is 0 Å². The molecule has 0 N–H and O–H groups in total. The zero-order valence-electron chi connectivity index (χ0n) is 9.43. The Bertz CT molecular complexity index is 515. The average molecular weight is 277 g/mol. The summed E-state index contributed by atoms with van der Waals surface area (Å²) in [6.45, 7) is 0. The van der Waals surface area contributed by atoms with Crippen molar-refractivity contribution in [2.45, 2.75) is 0 Å². The van der Waals surface area contributed by atoms with E-state index >= 15 is 0 Å². The number of hydrogen-bond donors (Lipinski definition) is 0. The van der Waals surface area contributed by atoms with Crippen LogP contribution < -0.4 is 8.79 Å². The van der Waals surface area contributed by atoms with Crippen molar-refractivity contribution in [3.8, 4) is 22.4 Å². The summed E-state index contributed by atoms with van der Waals surface area (Å²) in [5, 5.41) is 0. The topological polar surface area (TPSA) is 0 Å². The third kappa shape index (κ3) is 2.00. The Labute approximate surface area is 105 Å². The Morgan fingerprint density at radius 2 is 1.00 bits per heavy atom. The van der Waals surface area contributed by atoms with E-state index in [1.807, 2.05) is 60.7 Å². The van der Waals surface area contributed by atoms with Crippen LogP contribution in [-0.2, 0) is 0 Å². The minimum absolute atomic E-state index is 1.14. The Kier molecular flexibility index (Phi) is 3.38. The van der Waals surface area contributed by atoms with Crippen molar-refractivity contribution < 1.29 is 0 Å². The van der Waals surface area contributed by atoms with Gasteiger partial charge in [-0.1, -0.05) is 0 Å². The van der Waals surface area contributed by atoms with Gasteiger partial charge in [-0.25, -0.2) is 0 Å². The number of terminal acetylenes is 2. The van der Waals surface area contributed by atoms with Crippen molar-refractivity contribution in [3.63, 3.8) is 0 Å². The van der Waals surface area contributed by atoms with E-state index < -0.39 is 13.3 Å². The number of rotatable bonds is 2. The summed E-state index contributed by atoms with van der Waals surface area (Å²) in [6, 6.07) is 20.1. The summed E-state index contributed by atoms with van der Waals surface area (Å²) in [5.41, 5.74) is 0. The fraction of sp³-hybridized carbons (Fsp3) is 0. The van der Waals surface area contributed by atoms with E-state index in [4.69, 9.17) is 12.8 Å². The van der Waals surface area contributed by atoms with Crippen molar-refractivity contribution in [2.75, 3.05) is 0 Å². The van der Waals surface area contributed by atoms with Gasteiger partial charge in [-0.05, 0) is 0 Å². The second-order valence-corrected chi connectivity index (χ2v) is 10.6. The molecule has 0 heterocycles. The summed E-state index contributed by atoms with van der Waals surface area (Å²) < 4.78 is 8.18. The second kappa shape index (κ2) is 4.96. The molecule has 0 fully saturated rings. The van der Waals surface area contributed by atoms with Gasteiger partial charge in [0, 0.05) is 0 Å². The molecule has 0 aromatic heterocycles. The Morgan fingerprint density at radius 3 is 1.29 bits per heavy atom. The van der Waals surface area contributed by atoms with Gasteiger partial charge in [0.1, 0.15) is 0 Å². The van der Waals surface area contributed by atoms with Gasteiger partial charge in [-0.3, -0.25) is 0 Å². The van der Waals surface area contributed by atoms with Crippen LogP contribution >= 0.6 is 0 Å². The van der Waals surface area contributed by atoms with E-state index in [1.165, 1.54) is 0 Å². The Morgan fingerprint density at radius 1 is 0.647 bits per heavy atom. The zero-order valence-corrected chi connectivity index (χ0v) is 11.5. The fourth-order valence-electron chi connectivity index (χ4n) is 1.92. The molecular weight excluding hydrogens is 265 g/mol. The van der Waals surface area contributed by atoms with E-state index in [1.54, 1.807) is 0 Å². The average Bonchev–Trinajstić information content (AvgIpc) is 2.43. The van der Waals surface area contributed by atoms with Gasteiger partial charge in [0.15, 0.2) is 0 Å². The molecule has 2 aromatic carbocycles. The van der Waals surface area contributed by atoms with Crippen molar-refractivity contribution >= 4 is 22.1 Å². The minimum atomic E-state index is -3.02. The summed E-state index contributed by atoms with van der Waals surface area (Å²) in [7, 11) is 0. The van der Waals surface area contributed by atoms with Crippen LogP contribution in [0.25, 0.3) is 0 Å². The summed E-state index contributed by atoms with van der Waals surface area (Å²) in [6.07, 6.45) is 11.5. The maximum absolute atomic E-state index is 5.77. The molecule has 0 aliphatic heterocycles. The normalized spacial score (nSPS) is 10.2. The number of hydrogen-bond acceptors (Lipinski definition) is 0. The molecule has 1 heteroatoms. The van der Waals surface area contributed by atoms with Gasteiger partial charge in [0.05, 0.1) is 0 Å². The molecule has 0 nitrogen and oxygen atoms in total. The molecule has 0 saturated carbocycles. The summed E-state index contributed by atoms with van der Waals surface area (Å²) in [5.74, 6) is 0. The first-order valence-electron chi connectivity index (χ1n) is 5.40. The summed E-state index contributed by atoms with van der Waals surface area (Å²) >= 11 is -3.02. The van der Waals surface area contributed by atoms with Crippen molar-refractivity contribution in [1.82, 2.24) is 0 Å². The van der Waals surface area contributed by atoms with Gasteiger partial charge in [-0.2, -0.15) is 0 Å². The van der Waals surface area contributed by atoms with E-state index in [0.29, 0.717) is 0 Å². The van der Waals surface area contributed by atoms with Crippen LogP contribution in [0.4, 0.5) is 0 Å². The molecule has 0 aliphatic rings. The van der Waals surface area contributed by atoms with Gasteiger partial charge in [0.25, 0.3) is 0 Å². The molecule has 0 radical (unpaired) electrons. The van der Waals surface area contributed by atoms with Crippen molar-refractivity contribution in [3.05, 3.63) is 60.7 Å². The van der Waals surface area contributed by atoms with E-state index in [9.17, 15) is 0 Å². The van der Waals surface area contributed by atoms with Crippen LogP contribution in [0.3, 0.4) is 0 Å². The Hall–Kier alpha value is -1.90. The van der Waals surface area contributed by atoms with Gasteiger partial charge >= 0.3 is 105 Å². The zero-order chi connectivity index (χ0) is 12.1. The van der Waals surface area contributed by atoms with Crippen LogP contribution in [0, 0.1) is 22.4 Å². The molecule has 0 saturated heterocycles. The molecule has 80 valence electrons. The third-order valence-corrected chi connectivity index (χ3v) is 9.70. The SMILES string of the molecule is C#[C][Ge]([C]#C)([c]1ccccc1)[c]1ccccc1. The molecule has 2 aromatic rings. The standard InChI is InChI=1S/C16H12Ge/c1-3-17(4-2,15-11-7-5-8-12-15)16-13-9-6-10-14-16/h1-2,5-14H. The first-order valence-corrected chi connectivity index (χ1v) is 9.59. The number of benzene rings is 2. The van der Waals surface area contributed by atoms with E-state index in [0.717, 1.165) is 8.79 Å². The molecule has 0 atom stereocenters. The predicted octanol–water partition coefficient (Wildman–Crippen LogP) is 1.59. The van der Waals surface area contributed by atoms with Gasteiger partial charge in [-0.15, -0.1) is 0 Å². The quantitative estimate of drug-likeness (QED) is 0.577. The van der Waals surface area contributed by atoms with Crippen molar-refractivity contribution in [2.24, 2.45) is 0 Å². The van der Waals surface area contributed by atoms with Crippen LogP contribution in [0.5, 0.6) is 0 Å². The van der Waals surface area contributed by atoms with Gasteiger partial charge < -0.3 is 0 Å². The fourth-order valence-corrected chi connectivity index (χ4v) is 7.10. The first-order chi connectivity index (χ1) is 8.33. The second-order valence-electron chi connectivity index (χ2n) is 3.77. The van der Waals surface area contributed by atoms with Crippen LogP contribution in [-0.4, -0.2) is 13.3 Å². The molecule has 0 aliphatic carbocycles. The first kappa shape index (κ1) is 11.6. The summed E-state index contributed by atoms with van der Waals surface area (Å²) in [4.78, 5) is 0. The van der Waals surface area contributed by atoms with Crippen LogP contribution in [0.2, 0.25) is 0 Å². The van der Waals surface area contributed by atoms with E-state index in [-0.39, 0.29) is 0 Å². The predicted molar refractivity (Wildman–Crippen MR) is 75.6 cm³/mol.